The monoisotopic (exact) mass is 271 g/mol. The van der Waals surface area contributed by atoms with E-state index in [0.717, 1.165) is 5.75 Å². The van der Waals surface area contributed by atoms with E-state index in [4.69, 9.17) is 9.47 Å². The van der Waals surface area contributed by atoms with Crippen LogP contribution < -0.4 is 9.47 Å². The number of rotatable bonds is 6. The number of ether oxygens (including phenoxy) is 2. The van der Waals surface area contributed by atoms with Gasteiger partial charge in [0.1, 0.15) is 22.9 Å². The first kappa shape index (κ1) is 14.1. The van der Waals surface area contributed by atoms with E-state index in [-0.39, 0.29) is 5.78 Å². The maximum absolute atomic E-state index is 11.5. The zero-order valence-corrected chi connectivity index (χ0v) is 11.6. The van der Waals surface area contributed by atoms with Gasteiger partial charge in [0.15, 0.2) is 5.78 Å². The molecule has 2 rings (SSSR count). The van der Waals surface area contributed by atoms with Gasteiger partial charge in [-0.3, -0.25) is 4.79 Å². The minimum Gasteiger partial charge on any atom is -0.494 e. The van der Waals surface area contributed by atoms with E-state index in [1.807, 2.05) is 38.1 Å². The Morgan fingerprint density at radius 1 is 1.00 bits per heavy atom. The molecule has 0 bridgehead atoms. The molecule has 0 aliphatic rings. The summed E-state index contributed by atoms with van der Waals surface area (Å²) < 4.78 is 11.0. The van der Waals surface area contributed by atoms with Crippen LogP contribution in [0, 0.1) is 0 Å². The third-order valence-corrected chi connectivity index (χ3v) is 2.71. The molecule has 0 amide bonds. The third-order valence-electron chi connectivity index (χ3n) is 2.71. The van der Waals surface area contributed by atoms with E-state index in [0.29, 0.717) is 30.2 Å². The Hall–Kier alpha value is -2.36. The van der Waals surface area contributed by atoms with Crippen LogP contribution in [-0.4, -0.2) is 17.4 Å². The number of nitrogens with zero attached hydrogens (tertiary/aromatic N) is 1. The van der Waals surface area contributed by atoms with Crippen molar-refractivity contribution in [2.45, 2.75) is 20.3 Å². The summed E-state index contributed by atoms with van der Waals surface area (Å²) in [6.07, 6.45) is 2.01. The third kappa shape index (κ3) is 3.57. The highest BCUT2D eigenvalue weighted by Gasteiger charge is 2.05. The quantitative estimate of drug-likeness (QED) is 0.748. The van der Waals surface area contributed by atoms with Gasteiger partial charge in [0.2, 0.25) is 0 Å². The summed E-state index contributed by atoms with van der Waals surface area (Å²) in [7, 11) is 0. The second kappa shape index (κ2) is 6.70. The first-order valence-electron chi connectivity index (χ1n) is 6.63. The first-order valence-corrected chi connectivity index (χ1v) is 6.63. The van der Waals surface area contributed by atoms with Crippen LogP contribution in [-0.2, 0) is 0 Å². The Bertz CT molecular complexity index is 561. The highest BCUT2D eigenvalue weighted by molar-refractivity contribution is 5.93. The zero-order chi connectivity index (χ0) is 14.4. The van der Waals surface area contributed by atoms with Crippen molar-refractivity contribution < 1.29 is 14.3 Å². The summed E-state index contributed by atoms with van der Waals surface area (Å²) in [4.78, 5) is 15.6. The Labute approximate surface area is 118 Å². The summed E-state index contributed by atoms with van der Waals surface area (Å²) in [5.74, 6) is 2.13. The van der Waals surface area contributed by atoms with Crippen molar-refractivity contribution in [2.24, 2.45) is 0 Å². The van der Waals surface area contributed by atoms with Crippen molar-refractivity contribution in [3.8, 4) is 17.2 Å². The van der Waals surface area contributed by atoms with Crippen molar-refractivity contribution in [1.82, 2.24) is 4.98 Å². The fourth-order valence-electron chi connectivity index (χ4n) is 1.69. The average molecular weight is 271 g/mol. The van der Waals surface area contributed by atoms with Crippen LogP contribution in [0.1, 0.15) is 30.8 Å². The van der Waals surface area contributed by atoms with Gasteiger partial charge in [-0.1, -0.05) is 6.92 Å². The molecule has 2 aromatic rings. The highest BCUT2D eigenvalue weighted by atomic mass is 16.5. The van der Waals surface area contributed by atoms with Crippen LogP contribution in [0.5, 0.6) is 17.2 Å². The van der Waals surface area contributed by atoms with E-state index in [2.05, 4.69) is 4.98 Å². The van der Waals surface area contributed by atoms with Crippen LogP contribution in [0.2, 0.25) is 0 Å². The summed E-state index contributed by atoms with van der Waals surface area (Å²) in [6, 6.07) is 10.8. The maximum atomic E-state index is 11.5. The van der Waals surface area contributed by atoms with Gasteiger partial charge >= 0.3 is 0 Å². The van der Waals surface area contributed by atoms with Gasteiger partial charge in [-0.25, -0.2) is 4.98 Å². The number of carbonyl (C=O) groups excluding carboxylic acids is 1. The summed E-state index contributed by atoms with van der Waals surface area (Å²) in [5.41, 5.74) is 0.464. The normalized spacial score (nSPS) is 10.1. The number of hydrogen-bond donors (Lipinski definition) is 0. The highest BCUT2D eigenvalue weighted by Crippen LogP contribution is 2.23. The summed E-state index contributed by atoms with van der Waals surface area (Å²) in [6.45, 7) is 4.39. The van der Waals surface area contributed by atoms with Crippen molar-refractivity contribution in [2.75, 3.05) is 6.61 Å². The number of benzene rings is 1. The lowest BCUT2D eigenvalue weighted by Crippen LogP contribution is -1.99. The summed E-state index contributed by atoms with van der Waals surface area (Å²) in [5, 5.41) is 0. The van der Waals surface area contributed by atoms with Crippen molar-refractivity contribution in [1.29, 1.82) is 0 Å². The topological polar surface area (TPSA) is 48.4 Å². The lowest BCUT2D eigenvalue weighted by atomic mass is 10.2. The van der Waals surface area contributed by atoms with Crippen LogP contribution in [0.3, 0.4) is 0 Å². The molecule has 0 unspecified atom stereocenters. The molecule has 0 saturated carbocycles. The van der Waals surface area contributed by atoms with Crippen molar-refractivity contribution >= 4 is 5.78 Å². The molecule has 0 spiro atoms. The summed E-state index contributed by atoms with van der Waals surface area (Å²) >= 11 is 0. The van der Waals surface area contributed by atoms with Gasteiger partial charge in [-0.2, -0.15) is 0 Å². The fraction of sp³-hybridized carbons (Fsp3) is 0.250. The fourth-order valence-corrected chi connectivity index (χ4v) is 1.69. The van der Waals surface area contributed by atoms with Crippen molar-refractivity contribution in [3.63, 3.8) is 0 Å². The molecule has 1 aromatic heterocycles. The molecule has 0 saturated heterocycles. The molecule has 104 valence electrons. The first-order chi connectivity index (χ1) is 9.72. The number of Topliss-reactive ketones (excluding diaryl/α,β-unsaturated/α-hetero) is 1. The largest absolute Gasteiger partial charge is 0.494 e. The zero-order valence-electron chi connectivity index (χ0n) is 11.6. The molecule has 0 radical (unpaired) electrons. The molecule has 4 heteroatoms. The van der Waals surface area contributed by atoms with Gasteiger partial charge in [-0.15, -0.1) is 0 Å². The molecule has 0 atom stereocenters. The van der Waals surface area contributed by atoms with E-state index in [9.17, 15) is 4.79 Å². The van der Waals surface area contributed by atoms with E-state index >= 15 is 0 Å². The second-order valence-electron chi connectivity index (χ2n) is 4.16. The molecule has 20 heavy (non-hydrogen) atoms. The standard InChI is InChI=1S/C16H17NO3/c1-3-16(18)15-10-9-14(11-17-15)20-13-7-5-12(6-8-13)19-4-2/h5-11H,3-4H2,1-2H3. The minimum atomic E-state index is 0.0256. The van der Waals surface area contributed by atoms with Gasteiger partial charge < -0.3 is 9.47 Å². The molecule has 0 aliphatic heterocycles. The lowest BCUT2D eigenvalue weighted by Gasteiger charge is -2.07. The molecule has 0 fully saturated rings. The predicted octanol–water partition coefficient (Wildman–Crippen LogP) is 3.87. The Morgan fingerprint density at radius 3 is 2.20 bits per heavy atom. The lowest BCUT2D eigenvalue weighted by molar-refractivity contribution is 0.0983. The van der Waals surface area contributed by atoms with Gasteiger partial charge in [0.25, 0.3) is 0 Å². The molecule has 0 aliphatic carbocycles. The number of aromatic nitrogens is 1. The van der Waals surface area contributed by atoms with E-state index in [1.54, 1.807) is 18.3 Å². The number of hydrogen-bond acceptors (Lipinski definition) is 4. The molecular formula is C16H17NO3. The molecule has 1 aromatic carbocycles. The number of ketones is 1. The van der Waals surface area contributed by atoms with E-state index < -0.39 is 0 Å². The average Bonchev–Trinajstić information content (AvgIpc) is 2.49. The number of pyridine rings is 1. The molecular weight excluding hydrogens is 254 g/mol. The minimum absolute atomic E-state index is 0.0256. The predicted molar refractivity (Wildman–Crippen MR) is 76.5 cm³/mol. The number of carbonyl (C=O) groups is 1. The van der Waals surface area contributed by atoms with Crippen LogP contribution in [0.15, 0.2) is 42.6 Å². The smallest absolute Gasteiger partial charge is 0.180 e. The molecule has 1 heterocycles. The van der Waals surface area contributed by atoms with Gasteiger partial charge in [0.05, 0.1) is 12.8 Å². The van der Waals surface area contributed by atoms with Gasteiger partial charge in [0, 0.05) is 6.42 Å². The maximum Gasteiger partial charge on any atom is 0.180 e. The van der Waals surface area contributed by atoms with E-state index in [1.165, 1.54) is 0 Å². The van der Waals surface area contributed by atoms with Crippen LogP contribution in [0.4, 0.5) is 0 Å². The second-order valence-corrected chi connectivity index (χ2v) is 4.16. The van der Waals surface area contributed by atoms with Crippen LogP contribution in [0.25, 0.3) is 0 Å². The molecule has 0 N–H and O–H groups in total. The Morgan fingerprint density at radius 2 is 1.65 bits per heavy atom. The van der Waals surface area contributed by atoms with Crippen molar-refractivity contribution in [3.05, 3.63) is 48.3 Å². The molecule has 4 nitrogen and oxygen atoms in total. The SMILES string of the molecule is CCOc1ccc(Oc2ccc(C(=O)CC)nc2)cc1. The Kier molecular flexibility index (Phi) is 4.71. The van der Waals surface area contributed by atoms with Crippen LogP contribution >= 0.6 is 0 Å². The Balaban J connectivity index is 2.04. The van der Waals surface area contributed by atoms with Gasteiger partial charge in [-0.05, 0) is 43.3 Å².